The Morgan fingerprint density at radius 1 is 1.16 bits per heavy atom. The van der Waals surface area contributed by atoms with E-state index in [0.29, 0.717) is 6.42 Å². The van der Waals surface area contributed by atoms with Crippen LogP contribution in [0.3, 0.4) is 0 Å². The van der Waals surface area contributed by atoms with Crippen molar-refractivity contribution >= 4 is 18.2 Å². The van der Waals surface area contributed by atoms with E-state index in [9.17, 15) is 9.18 Å². The van der Waals surface area contributed by atoms with Crippen LogP contribution in [0.25, 0.3) is 12.2 Å². The molecule has 2 aliphatic carbocycles. The summed E-state index contributed by atoms with van der Waals surface area (Å²) in [7, 11) is 0. The average Bonchev–Trinajstić information content (AvgIpc) is 3.09. The molecule has 5 heteroatoms. The number of halogens is 1. The molecular formula is C26H31FN2O2. The largest absolute Gasteiger partial charge is 0.498 e. The second kappa shape index (κ2) is 11.9. The molecule has 0 saturated heterocycles. The fourth-order valence-electron chi connectivity index (χ4n) is 3.86. The van der Waals surface area contributed by atoms with Crippen molar-refractivity contribution in [3.05, 3.63) is 83.6 Å². The van der Waals surface area contributed by atoms with Gasteiger partial charge in [0.25, 0.3) is 0 Å². The Labute approximate surface area is 184 Å². The highest BCUT2D eigenvalue weighted by Crippen LogP contribution is 2.22. The molecule has 4 nitrogen and oxygen atoms in total. The smallest absolute Gasteiger partial charge is 0.319 e. The maximum Gasteiger partial charge on any atom is 0.319 e. The molecule has 1 aromatic carbocycles. The van der Waals surface area contributed by atoms with Crippen LogP contribution in [0.5, 0.6) is 0 Å². The van der Waals surface area contributed by atoms with Crippen LogP contribution < -0.4 is 10.6 Å². The minimum absolute atomic E-state index is 0.0930. The molecule has 1 saturated carbocycles. The van der Waals surface area contributed by atoms with Crippen LogP contribution in [0, 0.1) is 0 Å². The molecule has 0 radical (unpaired) electrons. The minimum atomic E-state index is -0.304. The number of allylic oxidation sites excluding steroid dienone is 6. The van der Waals surface area contributed by atoms with Gasteiger partial charge in [-0.25, -0.2) is 9.18 Å². The van der Waals surface area contributed by atoms with Crippen LogP contribution >= 0.6 is 0 Å². The van der Waals surface area contributed by atoms with Crippen LogP contribution in [-0.2, 0) is 4.74 Å². The third-order valence-corrected chi connectivity index (χ3v) is 5.42. The number of amides is 2. The molecule has 0 bridgehead atoms. The van der Waals surface area contributed by atoms with Gasteiger partial charge in [0.15, 0.2) is 0 Å². The number of fused-ring (bicyclic) bond motifs is 1. The van der Waals surface area contributed by atoms with Crippen molar-refractivity contribution in [2.24, 2.45) is 0 Å². The number of carbonyl (C=O) groups is 1. The Bertz CT molecular complexity index is 898. The first-order valence-corrected chi connectivity index (χ1v) is 11.0. The number of ether oxygens (including phenoxy) is 1. The zero-order valence-corrected chi connectivity index (χ0v) is 18.0. The lowest BCUT2D eigenvalue weighted by Gasteiger charge is -2.18. The Morgan fingerprint density at radius 2 is 2.00 bits per heavy atom. The van der Waals surface area contributed by atoms with Crippen molar-refractivity contribution in [1.82, 2.24) is 10.6 Å². The second-order valence-corrected chi connectivity index (χ2v) is 7.85. The summed E-state index contributed by atoms with van der Waals surface area (Å²) in [5.41, 5.74) is 3.15. The van der Waals surface area contributed by atoms with Crippen molar-refractivity contribution in [1.29, 1.82) is 0 Å². The molecular weight excluding hydrogens is 391 g/mol. The van der Waals surface area contributed by atoms with Gasteiger partial charge in [-0.2, -0.15) is 0 Å². The molecule has 2 aliphatic rings. The quantitative estimate of drug-likeness (QED) is 0.316. The number of hydrogen-bond donors (Lipinski definition) is 2. The Balaban J connectivity index is 1.45. The fraction of sp³-hybridized carbons (Fsp3) is 0.346. The molecule has 0 aromatic heterocycles. The first-order chi connectivity index (χ1) is 15.1. The number of hydrogen-bond acceptors (Lipinski definition) is 2. The van der Waals surface area contributed by atoms with Gasteiger partial charge in [0.2, 0.25) is 0 Å². The summed E-state index contributed by atoms with van der Waals surface area (Å²) in [5.74, 6) is -0.304. The number of urea groups is 1. The van der Waals surface area contributed by atoms with Gasteiger partial charge in [0, 0.05) is 18.2 Å². The van der Waals surface area contributed by atoms with Crippen molar-refractivity contribution < 1.29 is 13.9 Å². The number of carbonyl (C=O) groups excluding carboxylic acids is 1. The lowest BCUT2D eigenvalue weighted by atomic mass is 10.1. The second-order valence-electron chi connectivity index (χ2n) is 7.85. The molecule has 0 heterocycles. The van der Waals surface area contributed by atoms with E-state index in [4.69, 9.17) is 4.74 Å². The van der Waals surface area contributed by atoms with Crippen LogP contribution in [0.1, 0.15) is 56.6 Å². The van der Waals surface area contributed by atoms with E-state index >= 15 is 0 Å². The molecule has 164 valence electrons. The molecule has 0 spiro atoms. The minimum Gasteiger partial charge on any atom is -0.498 e. The van der Waals surface area contributed by atoms with Crippen LogP contribution in [-0.4, -0.2) is 18.2 Å². The predicted molar refractivity (Wildman–Crippen MR) is 125 cm³/mol. The van der Waals surface area contributed by atoms with Crippen molar-refractivity contribution in [3.8, 4) is 0 Å². The van der Waals surface area contributed by atoms with E-state index < -0.39 is 0 Å². The van der Waals surface area contributed by atoms with Gasteiger partial charge in [0.05, 0.1) is 12.4 Å². The highest BCUT2D eigenvalue weighted by molar-refractivity contribution is 5.79. The standard InChI is InChI=1S/C26H31FN2O2/c1-2-8-22(27)12-7-18-31-25-15-6-13-23(16-17-25)28-26(30)29-24-14-5-11-20-9-3-4-10-21(20)19-24/h2-5,7-12,18-19,23,25H,6,13-17H2,1H3,(H2,28,29,30)/b8-2-,18-7+,22-12+. The molecule has 0 aliphatic heterocycles. The van der Waals surface area contributed by atoms with Gasteiger partial charge in [-0.1, -0.05) is 42.5 Å². The SMILES string of the molecule is C\C=C/C(F)=C\C=C\OC1CCCC(NC(=O)NC2=Cc3ccccc3C=CC2)CC1. The average molecular weight is 423 g/mol. The number of benzene rings is 1. The van der Waals surface area contributed by atoms with Crippen molar-refractivity contribution in [3.63, 3.8) is 0 Å². The fourth-order valence-corrected chi connectivity index (χ4v) is 3.86. The Morgan fingerprint density at radius 3 is 2.84 bits per heavy atom. The summed E-state index contributed by atoms with van der Waals surface area (Å²) in [4.78, 5) is 12.5. The summed E-state index contributed by atoms with van der Waals surface area (Å²) in [6, 6.07) is 8.10. The van der Waals surface area contributed by atoms with Gasteiger partial charge in [0.1, 0.15) is 5.83 Å². The van der Waals surface area contributed by atoms with E-state index in [1.165, 1.54) is 12.2 Å². The Kier molecular flexibility index (Phi) is 8.71. The molecule has 2 atom stereocenters. The van der Waals surface area contributed by atoms with E-state index in [2.05, 4.69) is 34.9 Å². The molecule has 2 unspecified atom stereocenters. The monoisotopic (exact) mass is 422 g/mol. The lowest BCUT2D eigenvalue weighted by molar-refractivity contribution is 0.128. The summed E-state index contributed by atoms with van der Waals surface area (Å²) in [5, 5.41) is 6.12. The molecule has 1 aromatic rings. The molecule has 31 heavy (non-hydrogen) atoms. The van der Waals surface area contributed by atoms with Gasteiger partial charge in [-0.3, -0.25) is 0 Å². The summed E-state index contributed by atoms with van der Waals surface area (Å²) in [6.45, 7) is 1.77. The first kappa shape index (κ1) is 22.6. The zero-order chi connectivity index (χ0) is 21.9. The highest BCUT2D eigenvalue weighted by Gasteiger charge is 2.21. The third-order valence-electron chi connectivity index (χ3n) is 5.42. The summed E-state index contributed by atoms with van der Waals surface area (Å²) >= 11 is 0. The van der Waals surface area contributed by atoms with Crippen LogP contribution in [0.15, 0.2) is 72.4 Å². The maximum atomic E-state index is 13.3. The molecule has 2 amide bonds. The molecule has 1 fully saturated rings. The number of nitrogens with one attached hydrogen (secondary N) is 2. The topological polar surface area (TPSA) is 50.4 Å². The van der Waals surface area contributed by atoms with Gasteiger partial charge < -0.3 is 15.4 Å². The van der Waals surface area contributed by atoms with E-state index in [-0.39, 0.29) is 24.0 Å². The van der Waals surface area contributed by atoms with Crippen molar-refractivity contribution in [2.45, 2.75) is 57.6 Å². The molecule has 3 rings (SSSR count). The highest BCUT2D eigenvalue weighted by atomic mass is 19.1. The normalized spacial score (nSPS) is 21.9. The first-order valence-electron chi connectivity index (χ1n) is 11.0. The van der Waals surface area contributed by atoms with E-state index in [1.807, 2.05) is 18.2 Å². The lowest BCUT2D eigenvalue weighted by Crippen LogP contribution is -2.41. The third kappa shape index (κ3) is 7.59. The Hall–Kier alpha value is -3.08. The predicted octanol–water partition coefficient (Wildman–Crippen LogP) is 6.40. The van der Waals surface area contributed by atoms with E-state index in [1.54, 1.807) is 25.3 Å². The van der Waals surface area contributed by atoms with Crippen molar-refractivity contribution in [2.75, 3.05) is 0 Å². The van der Waals surface area contributed by atoms with E-state index in [0.717, 1.165) is 48.9 Å². The summed E-state index contributed by atoms with van der Waals surface area (Å²) in [6.07, 6.45) is 19.1. The maximum absolute atomic E-state index is 13.3. The number of rotatable bonds is 6. The van der Waals surface area contributed by atoms with Gasteiger partial charge in [-0.05, 0) is 74.5 Å². The van der Waals surface area contributed by atoms with Gasteiger partial charge >= 0.3 is 6.03 Å². The van der Waals surface area contributed by atoms with Gasteiger partial charge in [-0.15, -0.1) is 0 Å². The molecule has 2 N–H and O–H groups in total. The zero-order valence-electron chi connectivity index (χ0n) is 18.0. The van der Waals surface area contributed by atoms with Crippen LogP contribution in [0.4, 0.5) is 9.18 Å². The van der Waals surface area contributed by atoms with Crippen LogP contribution in [0.2, 0.25) is 0 Å². The summed E-state index contributed by atoms with van der Waals surface area (Å²) < 4.78 is 19.0.